The predicted octanol–water partition coefficient (Wildman–Crippen LogP) is 3.18. The van der Waals surface area contributed by atoms with Gasteiger partial charge in [0.15, 0.2) is 0 Å². The summed E-state index contributed by atoms with van der Waals surface area (Å²) in [5.41, 5.74) is 6.44. The van der Waals surface area contributed by atoms with E-state index in [4.69, 9.17) is 10.2 Å². The second kappa shape index (κ2) is 5.45. The van der Waals surface area contributed by atoms with Crippen molar-refractivity contribution in [3.8, 4) is 0 Å². The maximum atomic E-state index is 5.92. The normalized spacial score (nSPS) is 22.3. The highest BCUT2D eigenvalue weighted by molar-refractivity contribution is 5.06. The lowest BCUT2D eigenvalue weighted by molar-refractivity contribution is 0.0883. The molecule has 1 unspecified atom stereocenters. The molecule has 18 heavy (non-hydrogen) atoms. The summed E-state index contributed by atoms with van der Waals surface area (Å²) >= 11 is 0. The summed E-state index contributed by atoms with van der Waals surface area (Å²) in [7, 11) is 2.18. The summed E-state index contributed by atoms with van der Waals surface area (Å²) in [6, 6.07) is 4.82. The maximum Gasteiger partial charge on any atom is 0.122 e. The van der Waals surface area contributed by atoms with Gasteiger partial charge in [-0.3, -0.25) is 4.90 Å². The second-order valence-corrected chi connectivity index (χ2v) is 6.33. The van der Waals surface area contributed by atoms with E-state index < -0.39 is 0 Å². The molecule has 3 heteroatoms. The number of nitrogens with two attached hydrogens (primary N) is 1. The van der Waals surface area contributed by atoms with Crippen LogP contribution in [0.4, 0.5) is 0 Å². The number of rotatable bonds is 4. The van der Waals surface area contributed by atoms with E-state index in [1.54, 1.807) is 6.26 Å². The number of likely N-dealkylation sites (N-methyl/N-ethyl adjacent to an activating group) is 1. The molecule has 0 bridgehead atoms. The topological polar surface area (TPSA) is 42.4 Å². The third-order valence-corrected chi connectivity index (χ3v) is 4.47. The summed E-state index contributed by atoms with van der Waals surface area (Å²) in [4.78, 5) is 2.41. The predicted molar refractivity (Wildman–Crippen MR) is 74.3 cm³/mol. The van der Waals surface area contributed by atoms with Crippen LogP contribution in [0.5, 0.6) is 0 Å². The first-order valence-corrected chi connectivity index (χ1v) is 6.99. The minimum Gasteiger partial charge on any atom is -0.468 e. The molecular formula is C15H26N2O. The summed E-state index contributed by atoms with van der Waals surface area (Å²) < 4.78 is 5.52. The lowest BCUT2D eigenvalue weighted by Crippen LogP contribution is -2.41. The molecule has 0 saturated heterocycles. The molecule has 1 aromatic rings. The highest BCUT2D eigenvalue weighted by Gasteiger charge is 2.32. The number of furan rings is 1. The van der Waals surface area contributed by atoms with Crippen LogP contribution in [-0.2, 0) is 0 Å². The smallest absolute Gasteiger partial charge is 0.122 e. The third-order valence-electron chi connectivity index (χ3n) is 4.47. The van der Waals surface area contributed by atoms with E-state index in [9.17, 15) is 0 Å². The van der Waals surface area contributed by atoms with Gasteiger partial charge in [-0.1, -0.05) is 13.8 Å². The van der Waals surface area contributed by atoms with Gasteiger partial charge in [0.05, 0.1) is 12.3 Å². The van der Waals surface area contributed by atoms with Gasteiger partial charge in [-0.2, -0.15) is 0 Å². The van der Waals surface area contributed by atoms with E-state index in [-0.39, 0.29) is 6.04 Å². The molecule has 1 heterocycles. The fourth-order valence-corrected chi connectivity index (χ4v) is 3.01. The van der Waals surface area contributed by atoms with Crippen molar-refractivity contribution in [2.24, 2.45) is 11.1 Å². The van der Waals surface area contributed by atoms with Crippen molar-refractivity contribution in [1.82, 2.24) is 4.90 Å². The van der Waals surface area contributed by atoms with Crippen LogP contribution in [-0.4, -0.2) is 24.5 Å². The zero-order valence-electron chi connectivity index (χ0n) is 11.9. The van der Waals surface area contributed by atoms with Crippen molar-refractivity contribution in [2.75, 3.05) is 13.6 Å². The molecule has 1 atom stereocenters. The Balaban J connectivity index is 2.00. The Morgan fingerprint density at radius 1 is 1.44 bits per heavy atom. The molecule has 0 amide bonds. The lowest BCUT2D eigenvalue weighted by atomic mass is 9.75. The Bertz CT molecular complexity index is 349. The zero-order valence-corrected chi connectivity index (χ0v) is 11.9. The Morgan fingerprint density at radius 3 is 2.61 bits per heavy atom. The molecular weight excluding hydrogens is 224 g/mol. The Labute approximate surface area is 110 Å². The molecule has 0 aromatic carbocycles. The first-order valence-electron chi connectivity index (χ1n) is 6.99. The van der Waals surface area contributed by atoms with Crippen molar-refractivity contribution in [2.45, 2.75) is 51.6 Å². The summed E-state index contributed by atoms with van der Waals surface area (Å²) in [5, 5.41) is 0. The van der Waals surface area contributed by atoms with Crippen molar-refractivity contribution in [3.05, 3.63) is 24.2 Å². The molecule has 102 valence electrons. The number of nitrogens with zero attached hydrogens (tertiary/aromatic N) is 1. The summed E-state index contributed by atoms with van der Waals surface area (Å²) in [6.45, 7) is 5.36. The number of hydrogen-bond acceptors (Lipinski definition) is 3. The molecule has 0 spiro atoms. The summed E-state index contributed by atoms with van der Waals surface area (Å²) in [5.74, 6) is 0.991. The fraction of sp³-hybridized carbons (Fsp3) is 0.733. The average molecular weight is 250 g/mol. The van der Waals surface area contributed by atoms with E-state index in [1.165, 1.54) is 25.7 Å². The maximum absolute atomic E-state index is 5.92. The average Bonchev–Trinajstić information content (AvgIpc) is 2.83. The van der Waals surface area contributed by atoms with Crippen molar-refractivity contribution >= 4 is 0 Å². The Kier molecular flexibility index (Phi) is 4.13. The molecule has 0 aliphatic heterocycles. The van der Waals surface area contributed by atoms with E-state index in [0.29, 0.717) is 18.0 Å². The molecule has 0 radical (unpaired) electrons. The SMILES string of the molecule is CN(C1CCC(C)(C)CC1)C(CN)c1ccco1. The molecule has 1 aliphatic carbocycles. The standard InChI is InChI=1S/C15H26N2O/c1-15(2)8-6-12(7-9-15)17(3)13(11-16)14-5-4-10-18-14/h4-5,10,12-13H,6-9,11,16H2,1-3H3. The molecule has 2 N–H and O–H groups in total. The zero-order chi connectivity index (χ0) is 13.2. The van der Waals surface area contributed by atoms with Gasteiger partial charge in [0, 0.05) is 12.6 Å². The molecule has 1 aromatic heterocycles. The quantitative estimate of drug-likeness (QED) is 0.892. The van der Waals surface area contributed by atoms with Crippen molar-refractivity contribution in [3.63, 3.8) is 0 Å². The third kappa shape index (κ3) is 2.96. The molecule has 1 saturated carbocycles. The van der Waals surface area contributed by atoms with Crippen LogP contribution in [0.15, 0.2) is 22.8 Å². The number of hydrogen-bond donors (Lipinski definition) is 1. The van der Waals surface area contributed by atoms with Crippen LogP contribution in [0.2, 0.25) is 0 Å². The van der Waals surface area contributed by atoms with Crippen LogP contribution in [0.1, 0.15) is 51.3 Å². The van der Waals surface area contributed by atoms with Crippen molar-refractivity contribution in [1.29, 1.82) is 0 Å². The van der Waals surface area contributed by atoms with E-state index >= 15 is 0 Å². The fourth-order valence-electron chi connectivity index (χ4n) is 3.01. The van der Waals surface area contributed by atoms with Crippen molar-refractivity contribution < 1.29 is 4.42 Å². The van der Waals surface area contributed by atoms with Crippen LogP contribution in [0.25, 0.3) is 0 Å². The van der Waals surface area contributed by atoms with Gasteiger partial charge in [-0.25, -0.2) is 0 Å². The van der Waals surface area contributed by atoms with E-state index in [2.05, 4.69) is 25.8 Å². The van der Waals surface area contributed by atoms with Crippen LogP contribution < -0.4 is 5.73 Å². The highest BCUT2D eigenvalue weighted by Crippen LogP contribution is 2.38. The van der Waals surface area contributed by atoms with Gasteiger partial charge in [0.2, 0.25) is 0 Å². The van der Waals surface area contributed by atoms with E-state index in [1.807, 2.05) is 12.1 Å². The minimum atomic E-state index is 0.214. The molecule has 3 nitrogen and oxygen atoms in total. The first kappa shape index (κ1) is 13.6. The summed E-state index contributed by atoms with van der Waals surface area (Å²) in [6.07, 6.45) is 6.87. The molecule has 2 rings (SSSR count). The highest BCUT2D eigenvalue weighted by atomic mass is 16.3. The van der Waals surface area contributed by atoms with Crippen LogP contribution in [0.3, 0.4) is 0 Å². The van der Waals surface area contributed by atoms with Gasteiger partial charge in [-0.05, 0) is 50.3 Å². The largest absolute Gasteiger partial charge is 0.468 e. The minimum absolute atomic E-state index is 0.214. The van der Waals surface area contributed by atoms with Gasteiger partial charge in [-0.15, -0.1) is 0 Å². The molecule has 1 aliphatic rings. The van der Waals surface area contributed by atoms with Crippen LogP contribution >= 0.6 is 0 Å². The van der Waals surface area contributed by atoms with Crippen LogP contribution in [0, 0.1) is 5.41 Å². The lowest BCUT2D eigenvalue weighted by Gasteiger charge is -2.41. The van der Waals surface area contributed by atoms with Gasteiger partial charge >= 0.3 is 0 Å². The van der Waals surface area contributed by atoms with Gasteiger partial charge in [0.1, 0.15) is 5.76 Å². The molecule has 1 fully saturated rings. The van der Waals surface area contributed by atoms with Gasteiger partial charge < -0.3 is 10.2 Å². The Morgan fingerprint density at radius 2 is 2.11 bits per heavy atom. The monoisotopic (exact) mass is 250 g/mol. The Hall–Kier alpha value is -0.800. The van der Waals surface area contributed by atoms with Gasteiger partial charge in [0.25, 0.3) is 0 Å². The second-order valence-electron chi connectivity index (χ2n) is 6.33. The van der Waals surface area contributed by atoms with E-state index in [0.717, 1.165) is 5.76 Å². The first-order chi connectivity index (χ1) is 8.53.